The Morgan fingerprint density at radius 2 is 1.59 bits per heavy atom. The summed E-state index contributed by atoms with van der Waals surface area (Å²) in [5.74, 6) is -6.31. The fourth-order valence-electron chi connectivity index (χ4n) is 9.48. The lowest BCUT2D eigenvalue weighted by Crippen LogP contribution is -2.61. The monoisotopic (exact) mass is 648 g/mol. The normalized spacial score (nSPS) is 34.7. The van der Waals surface area contributed by atoms with E-state index in [0.29, 0.717) is 54.8 Å². The van der Waals surface area contributed by atoms with E-state index in [-0.39, 0.29) is 35.6 Å². The van der Waals surface area contributed by atoms with Crippen molar-refractivity contribution in [2.75, 3.05) is 5.32 Å². The molecule has 3 N–H and O–H groups in total. The van der Waals surface area contributed by atoms with Gasteiger partial charge >= 0.3 is 5.97 Å². The molecule has 2 bridgehead atoms. The van der Waals surface area contributed by atoms with Gasteiger partial charge in [-0.25, -0.2) is 13.2 Å². The van der Waals surface area contributed by atoms with Crippen LogP contribution in [0.3, 0.4) is 0 Å². The van der Waals surface area contributed by atoms with Crippen molar-refractivity contribution in [2.45, 2.75) is 99.5 Å². The number of benzene rings is 2. The van der Waals surface area contributed by atoms with Crippen molar-refractivity contribution in [3.63, 3.8) is 0 Å². The van der Waals surface area contributed by atoms with Crippen molar-refractivity contribution >= 4 is 46.5 Å². The van der Waals surface area contributed by atoms with E-state index in [0.717, 1.165) is 0 Å². The first-order valence-corrected chi connectivity index (χ1v) is 16.0. The third-order valence-corrected chi connectivity index (χ3v) is 12.4. The van der Waals surface area contributed by atoms with E-state index in [2.05, 4.69) is 10.6 Å². The Kier molecular flexibility index (Phi) is 6.79. The molecule has 0 radical (unpaired) electrons. The Balaban J connectivity index is 1.38. The first-order valence-electron chi connectivity index (χ1n) is 15.2. The van der Waals surface area contributed by atoms with Crippen LogP contribution < -0.4 is 10.6 Å². The molecule has 3 atom stereocenters. The minimum absolute atomic E-state index is 0.0743. The SMILES string of the molecule is O=C(CC12CCC(C(=O)O)(CC1)CC2)[C@@H]1NC2(CCC(F)(F)CC2)[C@@]2(C(=O)Nc3cc(Cl)ccc32)[C@H]1c1cccc(Cl)c1F. The largest absolute Gasteiger partial charge is 0.481 e. The average molecular weight is 650 g/mol. The molecule has 2 aromatic carbocycles. The first-order chi connectivity index (χ1) is 20.8. The Morgan fingerprint density at radius 3 is 2.23 bits per heavy atom. The number of aliphatic carboxylic acids is 1. The number of hydrogen-bond acceptors (Lipinski definition) is 4. The van der Waals surface area contributed by atoms with Crippen LogP contribution in [0.15, 0.2) is 36.4 Å². The van der Waals surface area contributed by atoms with Crippen molar-refractivity contribution in [1.29, 1.82) is 0 Å². The maximum Gasteiger partial charge on any atom is 0.309 e. The van der Waals surface area contributed by atoms with Gasteiger partial charge in [0.2, 0.25) is 11.8 Å². The highest BCUT2D eigenvalue weighted by molar-refractivity contribution is 6.31. The molecule has 11 heteroatoms. The number of ketones is 1. The standard InChI is InChI=1S/C33H33Cl2F3N2O4/c34-18-4-5-20-22(16-18)39-27(42)33(20)24(19-2-1-3-21(35)25(19)36)26(40-31(33)12-14-32(37,38)15-13-31)23(41)17-29-6-9-30(10-7-29,11-8-29)28(43)44/h1-5,16,24,26,40H,6-15,17H2,(H,39,42)(H,43,44)/t24-,26-,29?,30?,33+/m0/s1. The van der Waals surface area contributed by atoms with Gasteiger partial charge < -0.3 is 10.4 Å². The molecule has 2 spiro atoms. The third-order valence-electron chi connectivity index (χ3n) is 11.9. The maximum atomic E-state index is 16.1. The number of rotatable bonds is 5. The lowest BCUT2D eigenvalue weighted by molar-refractivity contribution is -0.159. The number of alkyl halides is 2. The summed E-state index contributed by atoms with van der Waals surface area (Å²) >= 11 is 12.6. The van der Waals surface area contributed by atoms with Gasteiger partial charge in [-0.15, -0.1) is 0 Å². The zero-order valence-corrected chi connectivity index (χ0v) is 25.5. The van der Waals surface area contributed by atoms with E-state index in [4.69, 9.17) is 23.2 Å². The van der Waals surface area contributed by atoms with Crippen LogP contribution in [0.5, 0.6) is 0 Å². The smallest absolute Gasteiger partial charge is 0.309 e. The molecule has 0 unspecified atom stereocenters. The predicted molar refractivity (Wildman–Crippen MR) is 159 cm³/mol. The van der Waals surface area contributed by atoms with Gasteiger partial charge in [0.25, 0.3) is 0 Å². The summed E-state index contributed by atoms with van der Waals surface area (Å²) in [6.07, 6.45) is 2.12. The van der Waals surface area contributed by atoms with Crippen LogP contribution in [0.25, 0.3) is 0 Å². The number of Topliss-reactive ketones (excluding diaryl/α,β-unsaturated/α-hetero) is 1. The average Bonchev–Trinajstić information content (AvgIpc) is 3.45. The highest BCUT2D eigenvalue weighted by Gasteiger charge is 2.73. The summed E-state index contributed by atoms with van der Waals surface area (Å²) in [5, 5.41) is 16.4. The van der Waals surface area contributed by atoms with E-state index in [1.165, 1.54) is 12.1 Å². The maximum absolute atomic E-state index is 16.1. The number of carboxylic acids is 1. The minimum Gasteiger partial charge on any atom is -0.481 e. The lowest BCUT2D eigenvalue weighted by Gasteiger charge is -2.51. The Labute approximate surface area is 263 Å². The number of hydrogen-bond donors (Lipinski definition) is 3. The first kappa shape index (κ1) is 30.1. The zero-order chi connectivity index (χ0) is 31.3. The fourth-order valence-corrected chi connectivity index (χ4v) is 9.84. The number of halogens is 5. The van der Waals surface area contributed by atoms with Crippen LogP contribution in [0.1, 0.15) is 87.7 Å². The number of amides is 1. The van der Waals surface area contributed by atoms with Gasteiger partial charge in [0.1, 0.15) is 11.2 Å². The third kappa shape index (κ3) is 4.14. The quantitative estimate of drug-likeness (QED) is 0.314. The van der Waals surface area contributed by atoms with Gasteiger partial charge in [-0.2, -0.15) is 0 Å². The number of carboxylic acid groups (broad SMARTS) is 1. The van der Waals surface area contributed by atoms with Crippen molar-refractivity contribution in [1.82, 2.24) is 5.32 Å². The highest BCUT2D eigenvalue weighted by Crippen LogP contribution is 2.65. The van der Waals surface area contributed by atoms with E-state index in [1.807, 2.05) is 0 Å². The van der Waals surface area contributed by atoms with Crippen LogP contribution in [-0.4, -0.2) is 40.3 Å². The molecule has 1 amide bonds. The van der Waals surface area contributed by atoms with Gasteiger partial charge in [0.15, 0.2) is 5.78 Å². The van der Waals surface area contributed by atoms with Gasteiger partial charge in [0, 0.05) is 41.4 Å². The minimum atomic E-state index is -2.94. The second kappa shape index (κ2) is 9.94. The second-order valence-corrected chi connectivity index (χ2v) is 14.7. The molecular weight excluding hydrogens is 616 g/mol. The number of carbonyl (C=O) groups excluding carboxylic acids is 2. The molecule has 1 saturated heterocycles. The highest BCUT2D eigenvalue weighted by atomic mass is 35.5. The summed E-state index contributed by atoms with van der Waals surface area (Å²) < 4.78 is 45.5. The number of anilines is 1. The molecule has 44 heavy (non-hydrogen) atoms. The van der Waals surface area contributed by atoms with Gasteiger partial charge in [-0.05, 0) is 86.1 Å². The molecule has 2 aliphatic heterocycles. The molecular formula is C33H33Cl2F3N2O4. The second-order valence-electron chi connectivity index (χ2n) is 13.9. The molecule has 0 aromatic heterocycles. The molecule has 2 aromatic rings. The molecule has 4 saturated carbocycles. The topological polar surface area (TPSA) is 95.5 Å². The summed E-state index contributed by atoms with van der Waals surface area (Å²) in [4.78, 5) is 41.1. The number of nitrogens with one attached hydrogen (secondary N) is 2. The molecule has 6 aliphatic rings. The van der Waals surface area contributed by atoms with Crippen LogP contribution in [-0.2, 0) is 19.8 Å². The van der Waals surface area contributed by atoms with Crippen molar-refractivity contribution < 1.29 is 32.7 Å². The molecule has 8 rings (SSSR count). The summed E-state index contributed by atoms with van der Waals surface area (Å²) in [6.45, 7) is 0. The molecule has 6 nitrogen and oxygen atoms in total. The van der Waals surface area contributed by atoms with E-state index in [9.17, 15) is 28.3 Å². The predicted octanol–water partition coefficient (Wildman–Crippen LogP) is 7.41. The Hall–Kier alpha value is -2.62. The van der Waals surface area contributed by atoms with Crippen LogP contribution >= 0.6 is 23.2 Å². The molecule has 5 fully saturated rings. The Morgan fingerprint density at radius 1 is 0.932 bits per heavy atom. The molecule has 2 heterocycles. The van der Waals surface area contributed by atoms with Crippen molar-refractivity contribution in [2.24, 2.45) is 10.8 Å². The van der Waals surface area contributed by atoms with Crippen LogP contribution in [0, 0.1) is 16.6 Å². The van der Waals surface area contributed by atoms with Gasteiger partial charge in [-0.1, -0.05) is 41.4 Å². The summed E-state index contributed by atoms with van der Waals surface area (Å²) in [7, 11) is 0. The van der Waals surface area contributed by atoms with Gasteiger partial charge in [-0.3, -0.25) is 19.7 Å². The molecule has 234 valence electrons. The number of carbonyl (C=O) groups is 3. The Bertz CT molecular complexity index is 1560. The van der Waals surface area contributed by atoms with E-state index < -0.39 is 70.2 Å². The summed E-state index contributed by atoms with van der Waals surface area (Å²) in [5.41, 5.74) is -3.08. The fraction of sp³-hybridized carbons (Fsp3) is 0.545. The number of fused-ring (bicyclic) bond motifs is 6. The van der Waals surface area contributed by atoms with Crippen molar-refractivity contribution in [3.05, 3.63) is 63.4 Å². The van der Waals surface area contributed by atoms with E-state index >= 15 is 4.39 Å². The summed E-state index contributed by atoms with van der Waals surface area (Å²) in [6, 6.07) is 8.29. The van der Waals surface area contributed by atoms with Crippen LogP contribution in [0.2, 0.25) is 10.0 Å². The van der Waals surface area contributed by atoms with Crippen LogP contribution in [0.4, 0.5) is 18.9 Å². The lowest BCUT2D eigenvalue weighted by atomic mass is 9.52. The van der Waals surface area contributed by atoms with Crippen molar-refractivity contribution in [3.8, 4) is 0 Å². The van der Waals surface area contributed by atoms with Gasteiger partial charge in [0.05, 0.1) is 16.5 Å². The zero-order valence-electron chi connectivity index (χ0n) is 24.0. The molecule has 4 aliphatic carbocycles. The van der Waals surface area contributed by atoms with E-state index in [1.54, 1.807) is 24.3 Å².